The number of anilines is 1. The molecule has 1 aromatic carbocycles. The summed E-state index contributed by atoms with van der Waals surface area (Å²) in [5.41, 5.74) is 2.48. The first-order valence-electron chi connectivity index (χ1n) is 9.49. The predicted molar refractivity (Wildman–Crippen MR) is 113 cm³/mol. The maximum absolute atomic E-state index is 12.7. The Hall–Kier alpha value is -2.09. The van der Waals surface area contributed by atoms with Crippen molar-refractivity contribution in [1.29, 1.82) is 0 Å². The van der Waals surface area contributed by atoms with Crippen LogP contribution in [0.15, 0.2) is 39.4 Å². The van der Waals surface area contributed by atoms with Gasteiger partial charge in [-0.25, -0.2) is 0 Å². The number of furan rings is 1. The first-order valence-corrected chi connectivity index (χ1v) is 10.3. The molecule has 0 saturated carbocycles. The van der Waals surface area contributed by atoms with Crippen molar-refractivity contribution >= 4 is 38.4 Å². The number of morpholine rings is 1. The van der Waals surface area contributed by atoms with E-state index in [2.05, 4.69) is 49.0 Å². The molecule has 1 aliphatic rings. The zero-order valence-corrected chi connectivity index (χ0v) is 17.7. The molecule has 0 unspecified atom stereocenters. The number of hydrogen-bond acceptors (Lipinski definition) is 4. The van der Waals surface area contributed by atoms with Gasteiger partial charge in [0.25, 0.3) is 5.91 Å². The maximum atomic E-state index is 12.7. The Morgan fingerprint density at radius 3 is 2.64 bits per heavy atom. The summed E-state index contributed by atoms with van der Waals surface area (Å²) in [6.45, 7) is 9.22. The highest BCUT2D eigenvalue weighted by molar-refractivity contribution is 9.10. The Kier molecular flexibility index (Phi) is 5.57. The highest BCUT2D eigenvalue weighted by atomic mass is 79.9. The number of carbonyl (C=O) groups is 1. The summed E-state index contributed by atoms with van der Waals surface area (Å²) in [6, 6.07) is 8.11. The van der Waals surface area contributed by atoms with Crippen LogP contribution >= 0.6 is 15.9 Å². The van der Waals surface area contributed by atoms with E-state index in [1.807, 2.05) is 19.1 Å². The van der Waals surface area contributed by atoms with Crippen LogP contribution in [0, 0.1) is 13.8 Å². The average Bonchev–Trinajstić information content (AvgIpc) is 3.20. The van der Waals surface area contributed by atoms with Crippen molar-refractivity contribution in [3.8, 4) is 0 Å². The smallest absolute Gasteiger partial charge is 0.260 e. The molecule has 1 aliphatic heterocycles. The molecule has 1 saturated heterocycles. The quantitative estimate of drug-likeness (QED) is 0.639. The topological polar surface area (TPSA) is 59.6 Å². The second-order valence-corrected chi connectivity index (χ2v) is 7.89. The van der Waals surface area contributed by atoms with Crippen molar-refractivity contribution in [3.05, 3.63) is 52.0 Å². The molecule has 0 bridgehead atoms. The summed E-state index contributed by atoms with van der Waals surface area (Å²) in [7, 11) is 0. The minimum atomic E-state index is -0.174. The summed E-state index contributed by atoms with van der Waals surface area (Å²) in [5.74, 6) is 1.14. The van der Waals surface area contributed by atoms with E-state index in [0.29, 0.717) is 21.6 Å². The van der Waals surface area contributed by atoms with E-state index >= 15 is 0 Å². The fourth-order valence-electron chi connectivity index (χ4n) is 3.66. The van der Waals surface area contributed by atoms with Gasteiger partial charge in [0.2, 0.25) is 0 Å². The number of nitrogens with zero attached hydrogens (tertiary/aromatic N) is 2. The van der Waals surface area contributed by atoms with E-state index in [1.54, 1.807) is 6.92 Å². The number of aromatic nitrogens is 1. The summed E-state index contributed by atoms with van der Waals surface area (Å²) in [4.78, 5) is 15.1. The average molecular weight is 446 g/mol. The third kappa shape index (κ3) is 3.87. The molecule has 28 heavy (non-hydrogen) atoms. The highest BCUT2D eigenvalue weighted by Crippen LogP contribution is 2.28. The third-order valence-corrected chi connectivity index (χ3v) is 6.16. The van der Waals surface area contributed by atoms with Gasteiger partial charge in [0.05, 0.1) is 23.2 Å². The molecule has 1 amide bonds. The molecule has 0 radical (unpaired) electrons. The fraction of sp³-hybridized carbons (Fsp3) is 0.381. The normalized spacial score (nSPS) is 15.2. The standard InChI is InChI=1S/C21H24BrN3O3/c1-14-19(20(22)15(2)28-14)21(26)23-17-3-4-18-16(13-17)5-6-25(18)8-7-24-9-11-27-12-10-24/h3-6,13H,7-12H2,1-2H3,(H,23,26). The SMILES string of the molecule is Cc1oc(C)c(C(=O)Nc2ccc3c(ccn3CCN3CCOCC3)c2)c1Br. The zero-order chi connectivity index (χ0) is 19.7. The van der Waals surface area contributed by atoms with Gasteiger partial charge < -0.3 is 19.0 Å². The number of ether oxygens (including phenoxy) is 1. The molecular weight excluding hydrogens is 422 g/mol. The molecule has 7 heteroatoms. The van der Waals surface area contributed by atoms with Gasteiger partial charge in [-0.3, -0.25) is 9.69 Å². The molecule has 2 aromatic heterocycles. The van der Waals surface area contributed by atoms with Crippen LogP contribution in [-0.2, 0) is 11.3 Å². The largest absolute Gasteiger partial charge is 0.465 e. The lowest BCUT2D eigenvalue weighted by Gasteiger charge is -2.26. The van der Waals surface area contributed by atoms with E-state index in [4.69, 9.17) is 9.15 Å². The van der Waals surface area contributed by atoms with E-state index in [0.717, 1.165) is 50.5 Å². The van der Waals surface area contributed by atoms with Gasteiger partial charge in [0.15, 0.2) is 0 Å². The van der Waals surface area contributed by atoms with Gasteiger partial charge in [-0.05, 0) is 54.0 Å². The van der Waals surface area contributed by atoms with Gasteiger partial charge in [0, 0.05) is 49.0 Å². The Balaban J connectivity index is 1.47. The van der Waals surface area contributed by atoms with Crippen molar-refractivity contribution in [3.63, 3.8) is 0 Å². The highest BCUT2D eigenvalue weighted by Gasteiger charge is 2.20. The molecular formula is C21H24BrN3O3. The number of rotatable bonds is 5. The van der Waals surface area contributed by atoms with Crippen LogP contribution in [-0.4, -0.2) is 48.2 Å². The van der Waals surface area contributed by atoms with Crippen molar-refractivity contribution < 1.29 is 13.9 Å². The Morgan fingerprint density at radius 2 is 1.93 bits per heavy atom. The molecule has 6 nitrogen and oxygen atoms in total. The Morgan fingerprint density at radius 1 is 1.14 bits per heavy atom. The lowest BCUT2D eigenvalue weighted by Crippen LogP contribution is -2.38. The number of benzene rings is 1. The zero-order valence-electron chi connectivity index (χ0n) is 16.1. The van der Waals surface area contributed by atoms with Gasteiger partial charge in [0.1, 0.15) is 11.5 Å². The van der Waals surface area contributed by atoms with E-state index in [9.17, 15) is 4.79 Å². The second-order valence-electron chi connectivity index (χ2n) is 7.09. The van der Waals surface area contributed by atoms with Crippen molar-refractivity contribution in [2.45, 2.75) is 20.4 Å². The van der Waals surface area contributed by atoms with Crippen LogP contribution in [0.25, 0.3) is 10.9 Å². The first kappa shape index (κ1) is 19.2. The number of aryl methyl sites for hydroxylation is 2. The van der Waals surface area contributed by atoms with Gasteiger partial charge in [-0.2, -0.15) is 0 Å². The lowest BCUT2D eigenvalue weighted by atomic mass is 10.2. The van der Waals surface area contributed by atoms with Gasteiger partial charge >= 0.3 is 0 Å². The molecule has 1 N–H and O–H groups in total. The molecule has 0 spiro atoms. The molecule has 1 fully saturated rings. The number of fused-ring (bicyclic) bond motifs is 1. The minimum absolute atomic E-state index is 0.174. The molecule has 4 rings (SSSR count). The number of hydrogen-bond donors (Lipinski definition) is 1. The second kappa shape index (κ2) is 8.11. The number of halogens is 1. The molecule has 148 valence electrons. The van der Waals surface area contributed by atoms with Gasteiger partial charge in [-0.1, -0.05) is 0 Å². The molecule has 0 atom stereocenters. The first-order chi connectivity index (χ1) is 13.5. The third-order valence-electron chi connectivity index (χ3n) is 5.20. The number of carbonyl (C=O) groups excluding carboxylic acids is 1. The molecule has 3 heterocycles. The lowest BCUT2D eigenvalue weighted by molar-refractivity contribution is 0.0365. The Bertz CT molecular complexity index is 1000. The van der Waals surface area contributed by atoms with Crippen LogP contribution in [0.3, 0.4) is 0 Å². The van der Waals surface area contributed by atoms with Crippen LogP contribution in [0.5, 0.6) is 0 Å². The fourth-order valence-corrected chi connectivity index (χ4v) is 4.20. The summed E-state index contributed by atoms with van der Waals surface area (Å²) < 4.78 is 13.9. The summed E-state index contributed by atoms with van der Waals surface area (Å²) in [6.07, 6.45) is 2.11. The summed E-state index contributed by atoms with van der Waals surface area (Å²) >= 11 is 3.44. The molecule has 3 aromatic rings. The van der Waals surface area contributed by atoms with Crippen LogP contribution in [0.2, 0.25) is 0 Å². The van der Waals surface area contributed by atoms with E-state index in [-0.39, 0.29) is 5.91 Å². The number of amides is 1. The summed E-state index contributed by atoms with van der Waals surface area (Å²) in [5, 5.41) is 4.09. The number of nitrogens with one attached hydrogen (secondary N) is 1. The predicted octanol–water partition coefficient (Wildman–Crippen LogP) is 4.20. The molecule has 0 aliphatic carbocycles. The van der Waals surface area contributed by atoms with Crippen LogP contribution < -0.4 is 5.32 Å². The van der Waals surface area contributed by atoms with Crippen molar-refractivity contribution in [2.24, 2.45) is 0 Å². The Labute approximate surface area is 172 Å². The monoisotopic (exact) mass is 445 g/mol. The van der Waals surface area contributed by atoms with E-state index < -0.39 is 0 Å². The van der Waals surface area contributed by atoms with E-state index in [1.165, 1.54) is 5.52 Å². The van der Waals surface area contributed by atoms with Crippen molar-refractivity contribution in [2.75, 3.05) is 38.2 Å². The maximum Gasteiger partial charge on any atom is 0.260 e. The van der Waals surface area contributed by atoms with Crippen LogP contribution in [0.4, 0.5) is 5.69 Å². The van der Waals surface area contributed by atoms with Gasteiger partial charge in [-0.15, -0.1) is 0 Å². The van der Waals surface area contributed by atoms with Crippen LogP contribution in [0.1, 0.15) is 21.9 Å². The minimum Gasteiger partial charge on any atom is -0.465 e. The van der Waals surface area contributed by atoms with Crippen molar-refractivity contribution in [1.82, 2.24) is 9.47 Å².